The van der Waals surface area contributed by atoms with Gasteiger partial charge < -0.3 is 4.55 Å². The van der Waals surface area contributed by atoms with Crippen molar-refractivity contribution in [3.63, 3.8) is 0 Å². The molecular weight excluding hydrogens is 223 g/mol. The lowest BCUT2D eigenvalue weighted by molar-refractivity contribution is -0.272. The largest absolute Gasteiger partial charge is 0.750 e. The van der Waals surface area contributed by atoms with Gasteiger partial charge in [-0.05, 0) is 12.1 Å². The van der Waals surface area contributed by atoms with Crippen LogP contribution in [0.3, 0.4) is 0 Å². The average molecular weight is 228 g/mol. The summed E-state index contributed by atoms with van der Waals surface area (Å²) in [6.07, 6.45) is -1.59. The second-order valence-electron chi connectivity index (χ2n) is 1.76. The fourth-order valence-corrected chi connectivity index (χ4v) is 0.544. The second kappa shape index (κ2) is 6.46. The third kappa shape index (κ3) is 11.0. The maximum atomic E-state index is 10.7. The van der Waals surface area contributed by atoms with Crippen LogP contribution in [0.15, 0.2) is 30.6 Å². The van der Waals surface area contributed by atoms with Crippen LogP contribution in [0.25, 0.3) is 0 Å². The minimum Gasteiger partial charge on any atom is -0.750 e. The van der Waals surface area contributed by atoms with E-state index in [9.17, 15) is 13.2 Å². The van der Waals surface area contributed by atoms with Gasteiger partial charge in [0.2, 0.25) is 0 Å². The van der Waals surface area contributed by atoms with Gasteiger partial charge in [0.25, 0.3) is 0 Å². The molecule has 1 atom stereocenters. The first kappa shape index (κ1) is 13.0. The average Bonchev–Trinajstić information content (AvgIpc) is 2.03. The predicted molar refractivity (Wildman–Crippen MR) is 40.3 cm³/mol. The highest BCUT2D eigenvalue weighted by Crippen LogP contribution is 2.16. The minimum atomic E-state index is -5.09. The van der Waals surface area contributed by atoms with Gasteiger partial charge in [0, 0.05) is 12.4 Å². The van der Waals surface area contributed by atoms with Crippen molar-refractivity contribution in [2.75, 3.05) is 0 Å². The smallest absolute Gasteiger partial charge is 0.534 e. The maximum absolute atomic E-state index is 10.7. The Morgan fingerprint density at radius 1 is 1.21 bits per heavy atom. The molecule has 0 fully saturated rings. The lowest BCUT2D eigenvalue weighted by Crippen LogP contribution is -2.14. The van der Waals surface area contributed by atoms with Gasteiger partial charge in [-0.15, -0.1) is 13.2 Å². The van der Waals surface area contributed by atoms with Crippen molar-refractivity contribution >= 4 is 11.4 Å². The van der Waals surface area contributed by atoms with Crippen molar-refractivity contribution < 1.29 is 26.1 Å². The van der Waals surface area contributed by atoms with Crippen LogP contribution < -0.4 is 0 Å². The van der Waals surface area contributed by atoms with Crippen LogP contribution in [0.4, 0.5) is 13.2 Å². The van der Waals surface area contributed by atoms with Crippen LogP contribution in [0.2, 0.25) is 0 Å². The summed E-state index contributed by atoms with van der Waals surface area (Å²) in [7, 11) is 0. The van der Waals surface area contributed by atoms with E-state index >= 15 is 0 Å². The standard InChI is InChI=1S/C5H5N.CHF3O3S/c1-2-4-6-5-3-1;2-1(3,4)7-8(5)6/h1-5H;(H,5,6)/p-1. The van der Waals surface area contributed by atoms with Crippen molar-refractivity contribution in [3.05, 3.63) is 30.6 Å². The molecule has 0 aliphatic carbocycles. The zero-order chi connectivity index (χ0) is 11.0. The molecule has 0 saturated heterocycles. The summed E-state index contributed by atoms with van der Waals surface area (Å²) in [4.78, 5) is 3.78. The highest BCUT2D eigenvalue weighted by Gasteiger charge is 2.30. The van der Waals surface area contributed by atoms with Gasteiger partial charge in [0.1, 0.15) is 0 Å². The normalized spacial score (nSPS) is 12.6. The predicted octanol–water partition coefficient (Wildman–Crippen LogP) is 1.40. The molecule has 0 saturated carbocycles. The quantitative estimate of drug-likeness (QED) is 0.681. The molecule has 14 heavy (non-hydrogen) atoms. The van der Waals surface area contributed by atoms with Crippen LogP contribution in [-0.4, -0.2) is 20.1 Å². The molecule has 1 rings (SSSR count). The van der Waals surface area contributed by atoms with Crippen molar-refractivity contribution in [1.82, 2.24) is 4.98 Å². The van der Waals surface area contributed by atoms with E-state index in [2.05, 4.69) is 9.17 Å². The van der Waals surface area contributed by atoms with Crippen molar-refractivity contribution in [3.8, 4) is 0 Å². The Morgan fingerprint density at radius 3 is 1.79 bits per heavy atom. The van der Waals surface area contributed by atoms with Gasteiger partial charge in [-0.1, -0.05) is 6.07 Å². The highest BCUT2D eigenvalue weighted by molar-refractivity contribution is 7.74. The number of rotatable bonds is 1. The molecule has 0 bridgehead atoms. The van der Waals surface area contributed by atoms with Gasteiger partial charge in [0.15, 0.2) is 0 Å². The molecule has 0 radical (unpaired) electrons. The zero-order valence-electron chi connectivity index (χ0n) is 6.60. The molecule has 80 valence electrons. The molecule has 1 aromatic heterocycles. The Labute approximate surface area is 80.2 Å². The number of hydrogen-bond donors (Lipinski definition) is 0. The van der Waals surface area contributed by atoms with E-state index in [1.807, 2.05) is 18.2 Å². The van der Waals surface area contributed by atoms with Gasteiger partial charge in [-0.3, -0.25) is 4.98 Å². The third-order valence-corrected chi connectivity index (χ3v) is 1.05. The summed E-state index contributed by atoms with van der Waals surface area (Å²) in [5.41, 5.74) is 0. The van der Waals surface area contributed by atoms with E-state index in [0.717, 1.165) is 0 Å². The number of aromatic nitrogens is 1. The maximum Gasteiger partial charge on any atom is 0.534 e. The van der Waals surface area contributed by atoms with E-state index in [1.54, 1.807) is 12.4 Å². The molecule has 1 heterocycles. The second-order valence-corrected chi connectivity index (χ2v) is 2.33. The van der Waals surface area contributed by atoms with Crippen molar-refractivity contribution in [2.24, 2.45) is 0 Å². The molecular formula is C6H5F3NO3S-. The lowest BCUT2D eigenvalue weighted by Gasteiger charge is -2.06. The van der Waals surface area contributed by atoms with E-state index in [1.165, 1.54) is 0 Å². The van der Waals surface area contributed by atoms with Crippen LogP contribution in [0.5, 0.6) is 0 Å². The fourth-order valence-electron chi connectivity index (χ4n) is 0.390. The zero-order valence-corrected chi connectivity index (χ0v) is 7.42. The molecule has 0 spiro atoms. The van der Waals surface area contributed by atoms with Gasteiger partial charge in [0.05, 0.1) is 11.4 Å². The Balaban J connectivity index is 0.000000249. The van der Waals surface area contributed by atoms with Gasteiger partial charge in [-0.2, -0.15) is 0 Å². The van der Waals surface area contributed by atoms with E-state index in [-0.39, 0.29) is 0 Å². The number of hydrogen-bond acceptors (Lipinski definition) is 4. The highest BCUT2D eigenvalue weighted by atomic mass is 32.2. The monoisotopic (exact) mass is 228 g/mol. The molecule has 1 unspecified atom stereocenters. The summed E-state index contributed by atoms with van der Waals surface area (Å²) < 4.78 is 52.6. The Hall–Kier alpha value is -0.990. The number of nitrogens with zero attached hydrogens (tertiary/aromatic N) is 1. The molecule has 0 amide bonds. The number of pyridine rings is 1. The van der Waals surface area contributed by atoms with Gasteiger partial charge >= 0.3 is 6.36 Å². The van der Waals surface area contributed by atoms with Crippen LogP contribution >= 0.6 is 0 Å². The van der Waals surface area contributed by atoms with Crippen LogP contribution in [0, 0.1) is 0 Å². The molecule has 8 heteroatoms. The first-order valence-electron chi connectivity index (χ1n) is 3.12. The van der Waals surface area contributed by atoms with E-state index in [4.69, 9.17) is 8.76 Å². The third-order valence-electron chi connectivity index (χ3n) is 0.729. The number of alkyl halides is 3. The van der Waals surface area contributed by atoms with Crippen molar-refractivity contribution in [2.45, 2.75) is 6.36 Å². The molecule has 0 aromatic carbocycles. The topological polar surface area (TPSA) is 62.2 Å². The van der Waals surface area contributed by atoms with Gasteiger partial charge in [-0.25, -0.2) is 8.39 Å². The molecule has 0 N–H and O–H groups in total. The lowest BCUT2D eigenvalue weighted by atomic mass is 10.5. The van der Waals surface area contributed by atoms with E-state index < -0.39 is 17.7 Å². The fraction of sp³-hybridized carbons (Fsp3) is 0.167. The minimum absolute atomic E-state index is 1.75. The first-order valence-corrected chi connectivity index (χ1v) is 4.12. The molecule has 1 aromatic rings. The summed E-state index contributed by atoms with van der Waals surface area (Å²) in [5.74, 6) is 0. The summed E-state index contributed by atoms with van der Waals surface area (Å²) >= 11 is -3.51. The first-order chi connectivity index (χ1) is 6.42. The summed E-state index contributed by atoms with van der Waals surface area (Å²) in [6.45, 7) is 0. The Morgan fingerprint density at radius 2 is 1.71 bits per heavy atom. The van der Waals surface area contributed by atoms with Crippen LogP contribution in [-0.2, 0) is 15.5 Å². The summed E-state index contributed by atoms with van der Waals surface area (Å²) in [5, 5.41) is 0. The molecule has 0 aliphatic rings. The summed E-state index contributed by atoms with van der Waals surface area (Å²) in [6, 6.07) is 5.72. The molecule has 4 nitrogen and oxygen atoms in total. The Kier molecular flexibility index (Phi) is 6.00. The van der Waals surface area contributed by atoms with Crippen molar-refractivity contribution in [1.29, 1.82) is 0 Å². The number of halogens is 3. The van der Waals surface area contributed by atoms with E-state index in [0.29, 0.717) is 0 Å². The Bertz CT molecular complexity index is 240. The SMILES string of the molecule is O=S([O-])OC(F)(F)F.c1ccncc1. The molecule has 0 aliphatic heterocycles. The van der Waals surface area contributed by atoms with Crippen LogP contribution in [0.1, 0.15) is 0 Å².